The maximum atomic E-state index is 9.95. The second-order valence-electron chi connectivity index (χ2n) is 5.72. The molecule has 2 aliphatic carbocycles. The van der Waals surface area contributed by atoms with Crippen LogP contribution in [0.1, 0.15) is 64.7 Å². The van der Waals surface area contributed by atoms with Crippen molar-refractivity contribution in [3.63, 3.8) is 0 Å². The molecule has 0 heterocycles. The molecule has 2 nitrogen and oxygen atoms in total. The summed E-state index contributed by atoms with van der Waals surface area (Å²) in [6.07, 6.45) is 11.2. The van der Waals surface area contributed by atoms with Crippen molar-refractivity contribution in [1.82, 2.24) is 5.32 Å². The van der Waals surface area contributed by atoms with Crippen molar-refractivity contribution in [2.24, 2.45) is 0 Å². The molecule has 0 aliphatic heterocycles. The summed E-state index contributed by atoms with van der Waals surface area (Å²) in [6.45, 7) is 2.34. The minimum atomic E-state index is -0.0995. The van der Waals surface area contributed by atoms with Crippen LogP contribution in [0.25, 0.3) is 0 Å². The lowest BCUT2D eigenvalue weighted by Gasteiger charge is -2.41. The number of nitrogens with one attached hydrogen (secondary N) is 1. The zero-order chi connectivity index (χ0) is 10.7. The summed E-state index contributed by atoms with van der Waals surface area (Å²) in [4.78, 5) is 0. The average Bonchev–Trinajstić information content (AvgIpc) is 2.22. The Morgan fingerprint density at radius 2 is 1.67 bits per heavy atom. The summed E-state index contributed by atoms with van der Waals surface area (Å²) in [5, 5.41) is 13.7. The predicted molar refractivity (Wildman–Crippen MR) is 62.9 cm³/mol. The normalized spacial score (nSPS) is 36.4. The fourth-order valence-electron chi connectivity index (χ4n) is 3.20. The van der Waals surface area contributed by atoms with E-state index < -0.39 is 0 Å². The zero-order valence-electron chi connectivity index (χ0n) is 9.97. The van der Waals surface area contributed by atoms with Crippen LogP contribution < -0.4 is 5.32 Å². The van der Waals surface area contributed by atoms with Gasteiger partial charge in [0.1, 0.15) is 0 Å². The van der Waals surface area contributed by atoms with Gasteiger partial charge >= 0.3 is 0 Å². The van der Waals surface area contributed by atoms with Crippen molar-refractivity contribution >= 4 is 0 Å². The first-order valence-electron chi connectivity index (χ1n) is 6.65. The van der Waals surface area contributed by atoms with Gasteiger partial charge in [-0.15, -0.1) is 0 Å². The van der Waals surface area contributed by atoms with Crippen molar-refractivity contribution in [3.05, 3.63) is 0 Å². The highest BCUT2D eigenvalue weighted by Gasteiger charge is 2.32. The number of aliphatic hydroxyl groups is 1. The Morgan fingerprint density at radius 1 is 1.00 bits per heavy atom. The maximum absolute atomic E-state index is 9.95. The number of aliphatic hydroxyl groups excluding tert-OH is 1. The molecule has 0 bridgehead atoms. The molecule has 0 aromatic rings. The van der Waals surface area contributed by atoms with Crippen molar-refractivity contribution in [2.75, 3.05) is 0 Å². The summed E-state index contributed by atoms with van der Waals surface area (Å²) in [7, 11) is 0. The Kier molecular flexibility index (Phi) is 3.68. The van der Waals surface area contributed by atoms with Crippen LogP contribution in [0.4, 0.5) is 0 Å². The van der Waals surface area contributed by atoms with Gasteiger partial charge in [0.2, 0.25) is 0 Å². The predicted octanol–water partition coefficient (Wildman–Crippen LogP) is 2.60. The van der Waals surface area contributed by atoms with E-state index in [-0.39, 0.29) is 6.10 Å². The van der Waals surface area contributed by atoms with Gasteiger partial charge in [-0.3, -0.25) is 0 Å². The van der Waals surface area contributed by atoms with Crippen molar-refractivity contribution in [2.45, 2.75) is 82.4 Å². The van der Waals surface area contributed by atoms with E-state index in [0.29, 0.717) is 11.6 Å². The van der Waals surface area contributed by atoms with Crippen LogP contribution in [0.2, 0.25) is 0 Å². The average molecular weight is 211 g/mol. The maximum Gasteiger partial charge on any atom is 0.0693 e. The van der Waals surface area contributed by atoms with Crippen LogP contribution in [0, 0.1) is 0 Å². The second kappa shape index (κ2) is 4.84. The lowest BCUT2D eigenvalue weighted by molar-refractivity contribution is 0.0661. The van der Waals surface area contributed by atoms with E-state index in [1.807, 2.05) is 0 Å². The molecule has 2 atom stereocenters. The van der Waals surface area contributed by atoms with E-state index >= 15 is 0 Å². The largest absolute Gasteiger partial charge is 0.392 e. The fourth-order valence-corrected chi connectivity index (χ4v) is 3.20. The van der Waals surface area contributed by atoms with Crippen LogP contribution in [0.15, 0.2) is 0 Å². The van der Waals surface area contributed by atoms with Crippen LogP contribution in [-0.2, 0) is 0 Å². The highest BCUT2D eigenvalue weighted by Crippen LogP contribution is 2.30. The smallest absolute Gasteiger partial charge is 0.0693 e. The Morgan fingerprint density at radius 3 is 2.33 bits per heavy atom. The summed E-state index contributed by atoms with van der Waals surface area (Å²) in [6, 6.07) is 0.363. The van der Waals surface area contributed by atoms with Crippen LogP contribution in [-0.4, -0.2) is 22.8 Å². The molecular formula is C13H25NO. The standard InChI is InChI=1S/C13H25NO/c1-13(9-5-2-6-10-13)14-11-7-3-4-8-12(11)15/h11-12,14-15H,2-10H2,1H3. The van der Waals surface area contributed by atoms with Crippen molar-refractivity contribution in [3.8, 4) is 0 Å². The van der Waals surface area contributed by atoms with Crippen molar-refractivity contribution in [1.29, 1.82) is 0 Å². The third kappa shape index (κ3) is 2.94. The monoisotopic (exact) mass is 211 g/mol. The van der Waals surface area contributed by atoms with E-state index in [2.05, 4.69) is 12.2 Å². The van der Waals surface area contributed by atoms with E-state index in [1.54, 1.807) is 0 Å². The van der Waals surface area contributed by atoms with Crippen LogP contribution >= 0.6 is 0 Å². The Bertz CT molecular complexity index is 199. The number of hydrogen-bond acceptors (Lipinski definition) is 2. The van der Waals surface area contributed by atoms with Crippen LogP contribution in [0.3, 0.4) is 0 Å². The van der Waals surface area contributed by atoms with Gasteiger partial charge in [-0.05, 0) is 32.6 Å². The summed E-state index contributed by atoms with van der Waals surface area (Å²) >= 11 is 0. The van der Waals surface area contributed by atoms with Crippen LogP contribution in [0.5, 0.6) is 0 Å². The van der Waals surface area contributed by atoms with Crippen molar-refractivity contribution < 1.29 is 5.11 Å². The van der Waals surface area contributed by atoms with Gasteiger partial charge in [-0.1, -0.05) is 32.1 Å². The van der Waals surface area contributed by atoms with Gasteiger partial charge < -0.3 is 10.4 Å². The zero-order valence-corrected chi connectivity index (χ0v) is 9.97. The minimum absolute atomic E-state index is 0.0995. The first kappa shape index (κ1) is 11.4. The summed E-state index contributed by atoms with van der Waals surface area (Å²) in [5.41, 5.74) is 0.307. The van der Waals surface area contributed by atoms with E-state index in [1.165, 1.54) is 44.9 Å². The highest BCUT2D eigenvalue weighted by molar-refractivity contribution is 4.92. The first-order chi connectivity index (χ1) is 7.20. The summed E-state index contributed by atoms with van der Waals surface area (Å²) < 4.78 is 0. The van der Waals surface area contributed by atoms with Gasteiger partial charge in [0.15, 0.2) is 0 Å². The third-order valence-electron chi connectivity index (χ3n) is 4.22. The molecule has 0 radical (unpaired) electrons. The molecule has 15 heavy (non-hydrogen) atoms. The van der Waals surface area contributed by atoms with Gasteiger partial charge in [-0.25, -0.2) is 0 Å². The van der Waals surface area contributed by atoms with E-state index in [9.17, 15) is 5.11 Å². The lowest BCUT2D eigenvalue weighted by Crippen LogP contribution is -2.54. The van der Waals surface area contributed by atoms with Gasteiger partial charge in [0, 0.05) is 11.6 Å². The fraction of sp³-hybridized carbons (Fsp3) is 1.00. The van der Waals surface area contributed by atoms with E-state index in [4.69, 9.17) is 0 Å². The first-order valence-corrected chi connectivity index (χ1v) is 6.65. The topological polar surface area (TPSA) is 32.3 Å². The van der Waals surface area contributed by atoms with Gasteiger partial charge in [0.05, 0.1) is 6.10 Å². The summed E-state index contributed by atoms with van der Waals surface area (Å²) in [5.74, 6) is 0. The number of rotatable bonds is 2. The van der Waals surface area contributed by atoms with E-state index in [0.717, 1.165) is 12.8 Å². The molecule has 2 heteroatoms. The molecule has 0 aromatic heterocycles. The van der Waals surface area contributed by atoms with Gasteiger partial charge in [0.25, 0.3) is 0 Å². The molecular weight excluding hydrogens is 186 g/mol. The molecule has 2 fully saturated rings. The molecule has 2 unspecified atom stereocenters. The Balaban J connectivity index is 1.88. The lowest BCUT2D eigenvalue weighted by atomic mass is 9.81. The molecule has 0 saturated heterocycles. The molecule has 0 spiro atoms. The Hall–Kier alpha value is -0.0800. The molecule has 88 valence electrons. The number of hydrogen-bond donors (Lipinski definition) is 2. The highest BCUT2D eigenvalue weighted by atomic mass is 16.3. The molecule has 2 rings (SSSR count). The molecule has 0 amide bonds. The third-order valence-corrected chi connectivity index (χ3v) is 4.22. The molecule has 0 aromatic carbocycles. The second-order valence-corrected chi connectivity index (χ2v) is 5.72. The van der Waals surface area contributed by atoms with Gasteiger partial charge in [-0.2, -0.15) is 0 Å². The molecule has 2 aliphatic rings. The Labute approximate surface area is 93.5 Å². The SMILES string of the molecule is CC1(NC2CCCCC2O)CCCCC1. The molecule has 2 saturated carbocycles. The molecule has 2 N–H and O–H groups in total. The minimum Gasteiger partial charge on any atom is -0.392 e. The quantitative estimate of drug-likeness (QED) is 0.736.